The van der Waals surface area contributed by atoms with Crippen molar-refractivity contribution in [1.82, 2.24) is 9.97 Å². The molecule has 1 aliphatic rings. The average Bonchev–Trinajstić information content (AvgIpc) is 2.81. The molecular weight excluding hydrogens is 230 g/mol. The van der Waals surface area contributed by atoms with Crippen LogP contribution in [-0.4, -0.2) is 29.3 Å². The van der Waals surface area contributed by atoms with Gasteiger partial charge in [0.1, 0.15) is 0 Å². The van der Waals surface area contributed by atoms with E-state index in [-0.39, 0.29) is 0 Å². The number of aromatic amines is 1. The van der Waals surface area contributed by atoms with Crippen molar-refractivity contribution in [2.24, 2.45) is 0 Å². The summed E-state index contributed by atoms with van der Waals surface area (Å²) in [6.45, 7) is 2.38. The molecule has 1 aliphatic heterocycles. The van der Waals surface area contributed by atoms with Crippen LogP contribution in [-0.2, 0) is 0 Å². The van der Waals surface area contributed by atoms with Gasteiger partial charge in [-0.1, -0.05) is 11.8 Å². The van der Waals surface area contributed by atoms with E-state index in [9.17, 15) is 0 Å². The van der Waals surface area contributed by atoms with Crippen LogP contribution in [0.1, 0.15) is 19.3 Å². The van der Waals surface area contributed by atoms with Crippen molar-refractivity contribution in [1.29, 1.82) is 0 Å². The Morgan fingerprint density at radius 3 is 2.82 bits per heavy atom. The van der Waals surface area contributed by atoms with Crippen molar-refractivity contribution < 1.29 is 0 Å². The Balaban J connectivity index is 1.94. The Bertz CT molecular complexity index is 514. The number of aromatic nitrogens is 2. The van der Waals surface area contributed by atoms with Gasteiger partial charge in [-0.2, -0.15) is 0 Å². The predicted molar refractivity (Wildman–Crippen MR) is 73.9 cm³/mol. The zero-order valence-electron chi connectivity index (χ0n) is 10.1. The number of fused-ring (bicyclic) bond motifs is 1. The van der Waals surface area contributed by atoms with Crippen LogP contribution < -0.4 is 4.90 Å². The summed E-state index contributed by atoms with van der Waals surface area (Å²) < 4.78 is 0. The quantitative estimate of drug-likeness (QED) is 0.826. The molecule has 1 aromatic heterocycles. The molecule has 1 N–H and O–H groups in total. The molecule has 2 heterocycles. The molecule has 0 amide bonds. The second-order valence-corrected chi connectivity index (χ2v) is 5.29. The number of nitrogens with one attached hydrogen (secondary N) is 1. The van der Waals surface area contributed by atoms with Crippen LogP contribution in [0.25, 0.3) is 11.0 Å². The molecule has 0 radical (unpaired) electrons. The number of imidazole rings is 1. The molecule has 1 saturated heterocycles. The summed E-state index contributed by atoms with van der Waals surface area (Å²) >= 11 is 1.66. The molecule has 1 aromatic carbocycles. The van der Waals surface area contributed by atoms with Gasteiger partial charge in [0.2, 0.25) is 0 Å². The summed E-state index contributed by atoms with van der Waals surface area (Å²) in [6.07, 6.45) is 6.05. The predicted octanol–water partition coefficient (Wildman–Crippen LogP) is 3.28. The molecule has 3 nitrogen and oxygen atoms in total. The molecule has 1 fully saturated rings. The number of rotatable bonds is 2. The summed E-state index contributed by atoms with van der Waals surface area (Å²) in [5.74, 6) is 0. The lowest BCUT2D eigenvalue weighted by Gasteiger charge is -2.28. The Labute approximate surface area is 106 Å². The van der Waals surface area contributed by atoms with Gasteiger partial charge in [-0.25, -0.2) is 4.98 Å². The van der Waals surface area contributed by atoms with E-state index in [1.165, 1.54) is 38.0 Å². The Morgan fingerprint density at radius 2 is 2.06 bits per heavy atom. The minimum absolute atomic E-state index is 0.996. The maximum atomic E-state index is 4.51. The van der Waals surface area contributed by atoms with Crippen molar-refractivity contribution in [2.45, 2.75) is 24.4 Å². The van der Waals surface area contributed by atoms with Gasteiger partial charge in [-0.15, -0.1) is 0 Å². The lowest BCUT2D eigenvalue weighted by molar-refractivity contribution is 0.578. The van der Waals surface area contributed by atoms with Crippen molar-refractivity contribution in [3.63, 3.8) is 0 Å². The number of hydrogen-bond acceptors (Lipinski definition) is 3. The molecule has 0 bridgehead atoms. The van der Waals surface area contributed by atoms with Crippen LogP contribution in [0.3, 0.4) is 0 Å². The van der Waals surface area contributed by atoms with Gasteiger partial charge in [0, 0.05) is 18.8 Å². The summed E-state index contributed by atoms with van der Waals surface area (Å²) in [7, 11) is 0. The van der Waals surface area contributed by atoms with Crippen LogP contribution in [0.5, 0.6) is 0 Å². The van der Waals surface area contributed by atoms with E-state index in [0.29, 0.717) is 0 Å². The molecule has 0 aliphatic carbocycles. The fourth-order valence-corrected chi connectivity index (χ4v) is 2.82. The zero-order valence-corrected chi connectivity index (χ0v) is 10.9. The highest BCUT2D eigenvalue weighted by atomic mass is 32.2. The minimum atomic E-state index is 0.996. The number of H-pyrrole nitrogens is 1. The maximum absolute atomic E-state index is 4.51. The van der Waals surface area contributed by atoms with Gasteiger partial charge in [0.25, 0.3) is 0 Å². The standard InChI is InChI=1S/C13H17N3S/c1-17-13-14-11-6-5-10(9-12(11)15-13)16-7-3-2-4-8-16/h5-6,9H,2-4,7-8H2,1H3,(H,14,15). The monoisotopic (exact) mass is 247 g/mol. The summed E-state index contributed by atoms with van der Waals surface area (Å²) in [4.78, 5) is 10.3. The molecular formula is C13H17N3S. The first-order chi connectivity index (χ1) is 8.36. The molecule has 3 rings (SSSR count). The van der Waals surface area contributed by atoms with E-state index in [2.05, 4.69) is 33.1 Å². The highest BCUT2D eigenvalue weighted by Gasteiger charge is 2.12. The van der Waals surface area contributed by atoms with Crippen molar-refractivity contribution in [3.8, 4) is 0 Å². The average molecular weight is 247 g/mol. The second-order valence-electron chi connectivity index (χ2n) is 4.50. The molecule has 90 valence electrons. The Kier molecular flexibility index (Phi) is 2.97. The largest absolute Gasteiger partial charge is 0.371 e. The molecule has 17 heavy (non-hydrogen) atoms. The van der Waals surface area contributed by atoms with Crippen LogP contribution >= 0.6 is 11.8 Å². The third-order valence-corrected chi connectivity index (χ3v) is 3.94. The lowest BCUT2D eigenvalue weighted by atomic mass is 10.1. The molecule has 4 heteroatoms. The summed E-state index contributed by atoms with van der Waals surface area (Å²) in [5.41, 5.74) is 3.54. The maximum Gasteiger partial charge on any atom is 0.166 e. The summed E-state index contributed by atoms with van der Waals surface area (Å²) in [5, 5.41) is 0.996. The summed E-state index contributed by atoms with van der Waals surface area (Å²) in [6, 6.07) is 6.54. The fraction of sp³-hybridized carbons (Fsp3) is 0.462. The fourth-order valence-electron chi connectivity index (χ4n) is 2.42. The highest BCUT2D eigenvalue weighted by Crippen LogP contribution is 2.25. The van der Waals surface area contributed by atoms with E-state index < -0.39 is 0 Å². The van der Waals surface area contributed by atoms with E-state index >= 15 is 0 Å². The number of hydrogen-bond donors (Lipinski definition) is 1. The van der Waals surface area contributed by atoms with Crippen LogP contribution in [0.15, 0.2) is 23.4 Å². The SMILES string of the molecule is CSc1nc2ccc(N3CCCCC3)cc2[nH]1. The van der Waals surface area contributed by atoms with E-state index in [0.717, 1.165) is 16.2 Å². The smallest absolute Gasteiger partial charge is 0.166 e. The van der Waals surface area contributed by atoms with Crippen molar-refractivity contribution in [3.05, 3.63) is 18.2 Å². The van der Waals surface area contributed by atoms with Crippen LogP contribution in [0.2, 0.25) is 0 Å². The minimum Gasteiger partial charge on any atom is -0.371 e. The number of benzene rings is 1. The molecule has 0 spiro atoms. The molecule has 0 saturated carbocycles. The number of anilines is 1. The first-order valence-electron chi connectivity index (χ1n) is 6.15. The van der Waals surface area contributed by atoms with E-state index in [1.807, 2.05) is 6.26 Å². The van der Waals surface area contributed by atoms with E-state index in [1.54, 1.807) is 11.8 Å². The number of thioether (sulfide) groups is 1. The third-order valence-electron chi connectivity index (χ3n) is 3.36. The van der Waals surface area contributed by atoms with Gasteiger partial charge >= 0.3 is 0 Å². The normalized spacial score (nSPS) is 16.6. The topological polar surface area (TPSA) is 31.9 Å². The van der Waals surface area contributed by atoms with E-state index in [4.69, 9.17) is 0 Å². The van der Waals surface area contributed by atoms with Gasteiger partial charge in [-0.05, 0) is 43.7 Å². The van der Waals surface area contributed by atoms with Gasteiger partial charge in [0.05, 0.1) is 11.0 Å². The third kappa shape index (κ3) is 2.14. The molecule has 0 unspecified atom stereocenters. The number of nitrogens with zero attached hydrogens (tertiary/aromatic N) is 2. The van der Waals surface area contributed by atoms with Gasteiger partial charge in [-0.3, -0.25) is 0 Å². The van der Waals surface area contributed by atoms with Gasteiger partial charge < -0.3 is 9.88 Å². The molecule has 0 atom stereocenters. The van der Waals surface area contributed by atoms with Gasteiger partial charge in [0.15, 0.2) is 5.16 Å². The Morgan fingerprint density at radius 1 is 1.24 bits per heavy atom. The number of piperidine rings is 1. The molecule has 2 aromatic rings. The zero-order chi connectivity index (χ0) is 11.7. The van der Waals surface area contributed by atoms with Crippen molar-refractivity contribution in [2.75, 3.05) is 24.2 Å². The first-order valence-corrected chi connectivity index (χ1v) is 7.38. The van der Waals surface area contributed by atoms with Crippen molar-refractivity contribution >= 4 is 28.5 Å². The highest BCUT2D eigenvalue weighted by molar-refractivity contribution is 7.98. The lowest BCUT2D eigenvalue weighted by Crippen LogP contribution is -2.29. The Hall–Kier alpha value is -1.16. The van der Waals surface area contributed by atoms with Crippen LogP contribution in [0.4, 0.5) is 5.69 Å². The first kappa shape index (κ1) is 11.0. The van der Waals surface area contributed by atoms with Crippen LogP contribution in [0, 0.1) is 0 Å². The second kappa shape index (κ2) is 4.61.